The molecule has 0 atom stereocenters. The number of ether oxygens (including phenoxy) is 1. The molecular weight excluding hydrogens is 521 g/mol. The van der Waals surface area contributed by atoms with Crippen LogP contribution in [0.3, 0.4) is 0 Å². The lowest BCUT2D eigenvalue weighted by molar-refractivity contribution is -0.115. The van der Waals surface area contributed by atoms with Crippen LogP contribution in [0.25, 0.3) is 6.08 Å². The van der Waals surface area contributed by atoms with Gasteiger partial charge in [-0.25, -0.2) is 0 Å². The molecule has 10 heteroatoms. The summed E-state index contributed by atoms with van der Waals surface area (Å²) >= 11 is 8.09. The lowest BCUT2D eigenvalue weighted by Crippen LogP contribution is -2.17. The highest BCUT2D eigenvalue weighted by Gasteiger charge is 2.24. The molecule has 0 unspecified atom stereocenters. The number of nitrogens with one attached hydrogen (secondary N) is 1. The molecule has 0 bridgehead atoms. The average Bonchev–Trinajstić information content (AvgIpc) is 2.94. The highest BCUT2D eigenvalue weighted by Crippen LogP contribution is 2.37. The number of rotatable bonds is 5. The van der Waals surface area contributed by atoms with Gasteiger partial charge in [0.2, 0.25) is 0 Å². The van der Waals surface area contributed by atoms with Gasteiger partial charge in [-0.2, -0.15) is 8.42 Å². The molecule has 0 spiro atoms. The first-order chi connectivity index (χ1) is 12.8. The van der Waals surface area contributed by atoms with Gasteiger partial charge >= 0.3 is 10.1 Å². The average molecular weight is 533 g/mol. The lowest BCUT2D eigenvalue weighted by Gasteiger charge is -2.13. The predicted octanol–water partition coefficient (Wildman–Crippen LogP) is 3.56. The van der Waals surface area contributed by atoms with E-state index in [1.165, 1.54) is 19.2 Å². The summed E-state index contributed by atoms with van der Waals surface area (Å²) in [5, 5.41) is 2.54. The van der Waals surface area contributed by atoms with Crippen molar-refractivity contribution in [2.24, 2.45) is 0 Å². The fourth-order valence-corrected chi connectivity index (χ4v) is 5.13. The molecular formula is C17H12INO5S3. The normalized spacial score (nSPS) is 15.7. The fraction of sp³-hybridized carbons (Fsp3) is 0.0588. The Morgan fingerprint density at radius 1 is 1.22 bits per heavy atom. The van der Waals surface area contributed by atoms with Gasteiger partial charge in [0.15, 0.2) is 11.5 Å². The monoisotopic (exact) mass is 533 g/mol. The van der Waals surface area contributed by atoms with Crippen molar-refractivity contribution in [1.82, 2.24) is 5.32 Å². The summed E-state index contributed by atoms with van der Waals surface area (Å²) in [5.41, 5.74) is 0.656. The molecule has 6 nitrogen and oxygen atoms in total. The van der Waals surface area contributed by atoms with Crippen molar-refractivity contribution in [3.8, 4) is 11.5 Å². The molecule has 1 amide bonds. The van der Waals surface area contributed by atoms with E-state index in [-0.39, 0.29) is 22.3 Å². The smallest absolute Gasteiger partial charge is 0.339 e. The van der Waals surface area contributed by atoms with Crippen molar-refractivity contribution >= 4 is 73.0 Å². The molecule has 1 aliphatic rings. The fourth-order valence-electron chi connectivity index (χ4n) is 2.22. The Bertz CT molecular complexity index is 1050. The van der Waals surface area contributed by atoms with Gasteiger partial charge in [-0.05, 0) is 58.5 Å². The Kier molecular flexibility index (Phi) is 6.08. The van der Waals surface area contributed by atoms with Crippen LogP contribution >= 0.6 is 46.6 Å². The second-order valence-corrected chi connectivity index (χ2v) is 9.66. The van der Waals surface area contributed by atoms with Crippen LogP contribution in [0.4, 0.5) is 0 Å². The number of benzene rings is 2. The zero-order chi connectivity index (χ0) is 19.6. The first kappa shape index (κ1) is 20.1. The standard InChI is InChI=1S/C17H12INO5S3/c1-23-13-8-10(9-14-16(20)19-17(25)26-14)7-12(18)15(13)24-27(21,22)11-5-3-2-4-6-11/h2-9H,1H3,(H,19,20,25)/b14-9-. The summed E-state index contributed by atoms with van der Waals surface area (Å²) in [6.07, 6.45) is 1.65. The van der Waals surface area contributed by atoms with E-state index in [1.54, 1.807) is 36.4 Å². The van der Waals surface area contributed by atoms with Crippen LogP contribution < -0.4 is 14.2 Å². The molecule has 3 rings (SSSR count). The van der Waals surface area contributed by atoms with Crippen LogP contribution in [0.15, 0.2) is 52.3 Å². The van der Waals surface area contributed by atoms with E-state index >= 15 is 0 Å². The summed E-state index contributed by atoms with van der Waals surface area (Å²) < 4.78 is 36.5. The van der Waals surface area contributed by atoms with Crippen LogP contribution in [0.2, 0.25) is 0 Å². The molecule has 1 N–H and O–H groups in total. The van der Waals surface area contributed by atoms with Crippen molar-refractivity contribution < 1.29 is 22.1 Å². The number of hydrogen-bond donors (Lipinski definition) is 1. The number of amides is 1. The maximum Gasteiger partial charge on any atom is 0.339 e. The zero-order valence-corrected chi connectivity index (χ0v) is 18.4. The third kappa shape index (κ3) is 4.62. The molecule has 1 aliphatic heterocycles. The van der Waals surface area contributed by atoms with Crippen LogP contribution in [-0.2, 0) is 14.9 Å². The van der Waals surface area contributed by atoms with Crippen molar-refractivity contribution in [2.75, 3.05) is 7.11 Å². The maximum absolute atomic E-state index is 12.5. The number of halogens is 1. The Morgan fingerprint density at radius 3 is 2.52 bits per heavy atom. The van der Waals surface area contributed by atoms with Crippen molar-refractivity contribution in [3.63, 3.8) is 0 Å². The first-order valence-electron chi connectivity index (χ1n) is 7.42. The maximum atomic E-state index is 12.5. The number of carbonyl (C=O) groups excluding carboxylic acids is 1. The number of methoxy groups -OCH3 is 1. The summed E-state index contributed by atoms with van der Waals surface area (Å²) in [5.74, 6) is 0.0494. The van der Waals surface area contributed by atoms with E-state index in [1.807, 2.05) is 22.6 Å². The topological polar surface area (TPSA) is 81.7 Å². The molecule has 140 valence electrons. The minimum Gasteiger partial charge on any atom is -0.493 e. The van der Waals surface area contributed by atoms with E-state index < -0.39 is 10.1 Å². The zero-order valence-electron chi connectivity index (χ0n) is 13.8. The lowest BCUT2D eigenvalue weighted by atomic mass is 10.2. The number of thiocarbonyl (C=S) groups is 1. The van der Waals surface area contributed by atoms with Crippen LogP contribution in [-0.4, -0.2) is 25.8 Å². The van der Waals surface area contributed by atoms with E-state index in [0.29, 0.717) is 18.4 Å². The van der Waals surface area contributed by atoms with E-state index in [4.69, 9.17) is 21.1 Å². The Balaban J connectivity index is 1.97. The molecule has 0 saturated carbocycles. The van der Waals surface area contributed by atoms with Gasteiger partial charge in [0.05, 0.1) is 15.6 Å². The SMILES string of the molecule is COc1cc(/C=C2\SC(=S)NC2=O)cc(I)c1OS(=O)(=O)c1ccccc1. The molecule has 2 aromatic rings. The van der Waals surface area contributed by atoms with Crippen LogP contribution in [0.1, 0.15) is 5.56 Å². The molecule has 1 heterocycles. The number of hydrogen-bond acceptors (Lipinski definition) is 7. The van der Waals surface area contributed by atoms with E-state index in [2.05, 4.69) is 5.32 Å². The third-order valence-electron chi connectivity index (χ3n) is 3.42. The van der Waals surface area contributed by atoms with Crippen molar-refractivity contribution in [2.45, 2.75) is 4.90 Å². The minimum atomic E-state index is -4.01. The quantitative estimate of drug-likeness (QED) is 0.273. The van der Waals surface area contributed by atoms with Crippen molar-refractivity contribution in [3.05, 3.63) is 56.5 Å². The Morgan fingerprint density at radius 2 is 1.93 bits per heavy atom. The van der Waals surface area contributed by atoms with Gasteiger partial charge in [0.1, 0.15) is 9.22 Å². The molecule has 1 fully saturated rings. The highest BCUT2D eigenvalue weighted by atomic mass is 127. The molecule has 0 aliphatic carbocycles. The second kappa shape index (κ2) is 8.17. The Labute approximate surface area is 179 Å². The van der Waals surface area contributed by atoms with Crippen LogP contribution in [0.5, 0.6) is 11.5 Å². The Hall–Kier alpha value is -1.63. The minimum absolute atomic E-state index is 0.0431. The predicted molar refractivity (Wildman–Crippen MR) is 116 cm³/mol. The van der Waals surface area contributed by atoms with Gasteiger partial charge in [0.25, 0.3) is 5.91 Å². The molecule has 2 aromatic carbocycles. The summed E-state index contributed by atoms with van der Waals surface area (Å²) in [6.45, 7) is 0. The largest absolute Gasteiger partial charge is 0.493 e. The number of thioether (sulfide) groups is 1. The summed E-state index contributed by atoms with van der Waals surface area (Å²) in [6, 6.07) is 11.1. The first-order valence-corrected chi connectivity index (χ1v) is 11.1. The molecule has 0 radical (unpaired) electrons. The highest BCUT2D eigenvalue weighted by molar-refractivity contribution is 14.1. The van der Waals surface area contributed by atoms with E-state index in [0.717, 1.165) is 11.8 Å². The van der Waals surface area contributed by atoms with Crippen molar-refractivity contribution in [1.29, 1.82) is 0 Å². The molecule has 0 aromatic heterocycles. The second-order valence-electron chi connectivity index (χ2n) is 5.24. The van der Waals surface area contributed by atoms with Gasteiger partial charge < -0.3 is 14.2 Å². The van der Waals surface area contributed by atoms with E-state index in [9.17, 15) is 13.2 Å². The van der Waals surface area contributed by atoms with Gasteiger partial charge in [-0.3, -0.25) is 4.79 Å². The molecule has 1 saturated heterocycles. The summed E-state index contributed by atoms with van der Waals surface area (Å²) in [4.78, 5) is 12.3. The van der Waals surface area contributed by atoms with Crippen LogP contribution in [0, 0.1) is 3.57 Å². The number of carbonyl (C=O) groups is 1. The van der Waals surface area contributed by atoms with Gasteiger partial charge in [-0.15, -0.1) is 0 Å². The van der Waals surface area contributed by atoms with Gasteiger partial charge in [-0.1, -0.05) is 42.2 Å². The molecule has 27 heavy (non-hydrogen) atoms. The third-order valence-corrected chi connectivity index (χ3v) is 6.62. The summed E-state index contributed by atoms with van der Waals surface area (Å²) in [7, 11) is -2.59. The van der Waals surface area contributed by atoms with Gasteiger partial charge in [0, 0.05) is 0 Å².